The summed E-state index contributed by atoms with van der Waals surface area (Å²) in [6, 6.07) is 8.17. The number of ether oxygens (including phenoxy) is 1. The summed E-state index contributed by atoms with van der Waals surface area (Å²) in [5.41, 5.74) is 2.09. The molecule has 6 heteroatoms. The lowest BCUT2D eigenvalue weighted by molar-refractivity contribution is -0.123. The third-order valence-electron chi connectivity index (χ3n) is 4.77. The minimum Gasteiger partial charge on any atom is -0.393 e. The van der Waals surface area contributed by atoms with Gasteiger partial charge in [-0.05, 0) is 18.9 Å². The number of carbonyl (C=O) groups is 1. The van der Waals surface area contributed by atoms with Crippen molar-refractivity contribution < 1.29 is 14.6 Å². The predicted octanol–water partition coefficient (Wildman–Crippen LogP) is 2.05. The van der Waals surface area contributed by atoms with Crippen LogP contribution in [0.15, 0.2) is 36.7 Å². The highest BCUT2D eigenvalue weighted by atomic mass is 16.5. The van der Waals surface area contributed by atoms with Gasteiger partial charge in [-0.15, -0.1) is 0 Å². The highest BCUT2D eigenvalue weighted by molar-refractivity contribution is 5.93. The molecule has 3 rings (SSSR count). The van der Waals surface area contributed by atoms with Crippen LogP contribution in [0.2, 0.25) is 0 Å². The molecule has 0 radical (unpaired) electrons. The zero-order chi connectivity index (χ0) is 18.6. The van der Waals surface area contributed by atoms with E-state index in [4.69, 9.17) is 4.74 Å². The smallest absolute Gasteiger partial charge is 0.257 e. The summed E-state index contributed by atoms with van der Waals surface area (Å²) in [6.45, 7) is 6.10. The number of hydrogen-bond acceptors (Lipinski definition) is 4. The van der Waals surface area contributed by atoms with Gasteiger partial charge in [0.15, 0.2) is 0 Å². The zero-order valence-electron chi connectivity index (χ0n) is 15.5. The molecule has 1 aliphatic rings. The average molecular weight is 357 g/mol. The van der Waals surface area contributed by atoms with Crippen molar-refractivity contribution in [2.45, 2.75) is 38.8 Å². The number of hydrogen-bond donors (Lipinski definition) is 1. The van der Waals surface area contributed by atoms with Gasteiger partial charge in [-0.3, -0.25) is 9.48 Å². The van der Waals surface area contributed by atoms with Crippen LogP contribution in [0.1, 0.15) is 34.8 Å². The molecule has 1 aromatic heterocycles. The lowest BCUT2D eigenvalue weighted by Gasteiger charge is -2.41. The minimum absolute atomic E-state index is 0.0577. The highest BCUT2D eigenvalue weighted by Crippen LogP contribution is 2.24. The summed E-state index contributed by atoms with van der Waals surface area (Å²) in [5, 5.41) is 14.3. The Morgan fingerprint density at radius 2 is 2.27 bits per heavy atom. The number of aliphatic hydroxyl groups excluding tert-OH is 1. The number of amides is 1. The topological polar surface area (TPSA) is 67.6 Å². The third kappa shape index (κ3) is 4.14. The van der Waals surface area contributed by atoms with Crippen molar-refractivity contribution in [3.8, 4) is 0 Å². The van der Waals surface area contributed by atoms with Gasteiger partial charge in [0.05, 0.1) is 31.5 Å². The van der Waals surface area contributed by atoms with Gasteiger partial charge >= 0.3 is 0 Å². The number of aromatic nitrogens is 2. The van der Waals surface area contributed by atoms with E-state index in [-0.39, 0.29) is 12.5 Å². The lowest BCUT2D eigenvalue weighted by atomic mass is 9.92. The summed E-state index contributed by atoms with van der Waals surface area (Å²) >= 11 is 0. The van der Waals surface area contributed by atoms with Crippen molar-refractivity contribution in [1.29, 1.82) is 0 Å². The van der Waals surface area contributed by atoms with Crippen molar-refractivity contribution in [2.24, 2.45) is 0 Å². The SMILES string of the molecule is CCCn1cc(C(=O)N2CCO[C@](CO)(Cc3cccc(C)c3)C2)cn1. The summed E-state index contributed by atoms with van der Waals surface area (Å²) in [5.74, 6) is -0.0577. The maximum Gasteiger partial charge on any atom is 0.257 e. The molecule has 1 fully saturated rings. The van der Waals surface area contributed by atoms with Crippen LogP contribution in [0.4, 0.5) is 0 Å². The maximum absolute atomic E-state index is 12.9. The summed E-state index contributed by atoms with van der Waals surface area (Å²) in [7, 11) is 0. The number of aryl methyl sites for hydroxylation is 2. The fraction of sp³-hybridized carbons (Fsp3) is 0.500. The number of morpholine rings is 1. The lowest BCUT2D eigenvalue weighted by Crippen LogP contribution is -2.56. The van der Waals surface area contributed by atoms with Gasteiger partial charge in [0.1, 0.15) is 5.60 Å². The molecule has 26 heavy (non-hydrogen) atoms. The molecule has 0 aliphatic carbocycles. The standard InChI is InChI=1S/C20H27N3O3/c1-3-7-23-13-18(12-21-23)19(25)22-8-9-26-20(14-22,15-24)11-17-6-4-5-16(2)10-17/h4-6,10,12-13,24H,3,7-9,11,14-15H2,1-2H3/t20-/m1/s1. The molecule has 1 N–H and O–H groups in total. The Kier molecular flexibility index (Phi) is 5.74. The predicted molar refractivity (Wildman–Crippen MR) is 99.1 cm³/mol. The van der Waals surface area contributed by atoms with Gasteiger partial charge in [-0.1, -0.05) is 36.8 Å². The first-order chi connectivity index (χ1) is 12.5. The van der Waals surface area contributed by atoms with Crippen molar-refractivity contribution in [1.82, 2.24) is 14.7 Å². The molecular weight excluding hydrogens is 330 g/mol. The molecule has 2 heterocycles. The first kappa shape index (κ1) is 18.6. The number of aliphatic hydroxyl groups is 1. The van der Waals surface area contributed by atoms with Crippen molar-refractivity contribution in [2.75, 3.05) is 26.3 Å². The molecule has 1 amide bonds. The van der Waals surface area contributed by atoms with Crippen LogP contribution in [0.5, 0.6) is 0 Å². The Morgan fingerprint density at radius 3 is 3.00 bits per heavy atom. The molecule has 2 aromatic rings. The van der Waals surface area contributed by atoms with E-state index in [1.807, 2.05) is 25.1 Å². The minimum atomic E-state index is -0.763. The largest absolute Gasteiger partial charge is 0.393 e. The molecular formula is C20H27N3O3. The molecule has 1 aliphatic heterocycles. The van der Waals surface area contributed by atoms with E-state index in [0.717, 1.165) is 18.5 Å². The molecule has 0 bridgehead atoms. The molecule has 1 atom stereocenters. The molecule has 1 aromatic carbocycles. The second kappa shape index (κ2) is 8.01. The first-order valence-corrected chi connectivity index (χ1v) is 9.17. The molecule has 0 spiro atoms. The summed E-state index contributed by atoms with van der Waals surface area (Å²) < 4.78 is 7.75. The zero-order valence-corrected chi connectivity index (χ0v) is 15.5. The van der Waals surface area contributed by atoms with Crippen LogP contribution in [-0.4, -0.2) is 57.6 Å². The van der Waals surface area contributed by atoms with Gasteiger partial charge in [0.25, 0.3) is 5.91 Å². The maximum atomic E-state index is 12.9. The van der Waals surface area contributed by atoms with Gasteiger partial charge in [0.2, 0.25) is 0 Å². The third-order valence-corrected chi connectivity index (χ3v) is 4.77. The van der Waals surface area contributed by atoms with Crippen molar-refractivity contribution >= 4 is 5.91 Å². The van der Waals surface area contributed by atoms with E-state index < -0.39 is 5.60 Å². The first-order valence-electron chi connectivity index (χ1n) is 9.17. The van der Waals surface area contributed by atoms with Gasteiger partial charge < -0.3 is 14.7 Å². The quantitative estimate of drug-likeness (QED) is 0.859. The van der Waals surface area contributed by atoms with Crippen LogP contribution in [0.25, 0.3) is 0 Å². The van der Waals surface area contributed by atoms with Crippen molar-refractivity contribution in [3.05, 3.63) is 53.3 Å². The van der Waals surface area contributed by atoms with E-state index in [0.29, 0.717) is 31.7 Å². The van der Waals surface area contributed by atoms with Crippen LogP contribution >= 0.6 is 0 Å². The second-order valence-corrected chi connectivity index (χ2v) is 7.07. The Labute approximate surface area is 154 Å². The van der Waals surface area contributed by atoms with Crippen LogP contribution < -0.4 is 0 Å². The monoisotopic (exact) mass is 357 g/mol. The van der Waals surface area contributed by atoms with E-state index in [1.165, 1.54) is 5.56 Å². The van der Waals surface area contributed by atoms with Crippen LogP contribution in [-0.2, 0) is 17.7 Å². The molecule has 6 nitrogen and oxygen atoms in total. The molecule has 0 saturated carbocycles. The Hall–Kier alpha value is -2.18. The second-order valence-electron chi connectivity index (χ2n) is 7.07. The normalized spacial score (nSPS) is 20.3. The molecule has 140 valence electrons. The Morgan fingerprint density at radius 1 is 1.42 bits per heavy atom. The van der Waals surface area contributed by atoms with E-state index in [2.05, 4.69) is 18.1 Å². The Bertz CT molecular complexity index is 758. The number of carbonyl (C=O) groups excluding carboxylic acids is 1. The molecule has 0 unspecified atom stereocenters. The van der Waals surface area contributed by atoms with E-state index >= 15 is 0 Å². The molecule has 1 saturated heterocycles. The number of rotatable bonds is 6. The highest BCUT2D eigenvalue weighted by Gasteiger charge is 2.38. The Balaban J connectivity index is 1.74. The summed E-state index contributed by atoms with van der Waals surface area (Å²) in [4.78, 5) is 14.6. The summed E-state index contributed by atoms with van der Waals surface area (Å²) in [6.07, 6.45) is 4.96. The average Bonchev–Trinajstić information content (AvgIpc) is 3.10. The van der Waals surface area contributed by atoms with Gasteiger partial charge in [-0.2, -0.15) is 5.10 Å². The number of nitrogens with zero attached hydrogens (tertiary/aromatic N) is 3. The van der Waals surface area contributed by atoms with Gasteiger partial charge in [-0.25, -0.2) is 0 Å². The fourth-order valence-corrected chi connectivity index (χ4v) is 3.48. The van der Waals surface area contributed by atoms with Crippen LogP contribution in [0.3, 0.4) is 0 Å². The fourth-order valence-electron chi connectivity index (χ4n) is 3.48. The van der Waals surface area contributed by atoms with Gasteiger partial charge in [0, 0.05) is 25.7 Å². The van der Waals surface area contributed by atoms with E-state index in [9.17, 15) is 9.90 Å². The van der Waals surface area contributed by atoms with E-state index in [1.54, 1.807) is 22.0 Å². The number of benzene rings is 1. The van der Waals surface area contributed by atoms with Crippen molar-refractivity contribution in [3.63, 3.8) is 0 Å². The van der Waals surface area contributed by atoms with Crippen LogP contribution in [0, 0.1) is 6.92 Å².